The molecule has 1 atom stereocenters. The predicted molar refractivity (Wildman–Crippen MR) is 60.4 cm³/mol. The number of carboxylic acid groups (broad SMARTS) is 1. The summed E-state index contributed by atoms with van der Waals surface area (Å²) in [6.45, 7) is 0. The second kappa shape index (κ2) is 5.40. The minimum Gasteiger partial charge on any atom is -0.507 e. The third-order valence-electron chi connectivity index (χ3n) is 2.33. The molecule has 0 bridgehead atoms. The van der Waals surface area contributed by atoms with Crippen molar-refractivity contribution in [2.24, 2.45) is 5.73 Å². The van der Waals surface area contributed by atoms with Crippen LogP contribution in [0.5, 0.6) is 17.2 Å². The Morgan fingerprint density at radius 1 is 1.41 bits per heavy atom. The lowest BCUT2D eigenvalue weighted by Gasteiger charge is -2.17. The maximum Gasteiger partial charge on any atom is 0.305 e. The highest BCUT2D eigenvalue weighted by Crippen LogP contribution is 2.40. The number of carboxylic acids is 1. The van der Waals surface area contributed by atoms with Gasteiger partial charge in [0.25, 0.3) is 0 Å². The number of hydrogen-bond donors (Lipinski definition) is 3. The Labute approximate surface area is 98.6 Å². The molecule has 0 aromatic heterocycles. The summed E-state index contributed by atoms with van der Waals surface area (Å²) >= 11 is 0. The molecule has 1 unspecified atom stereocenters. The normalized spacial score (nSPS) is 11.9. The highest BCUT2D eigenvalue weighted by Gasteiger charge is 2.22. The average Bonchev–Trinajstić information content (AvgIpc) is 2.27. The van der Waals surface area contributed by atoms with Gasteiger partial charge in [0.15, 0.2) is 11.5 Å². The summed E-state index contributed by atoms with van der Waals surface area (Å²) in [5.41, 5.74) is 5.95. The van der Waals surface area contributed by atoms with E-state index in [1.807, 2.05) is 0 Å². The first-order valence-electron chi connectivity index (χ1n) is 4.92. The summed E-state index contributed by atoms with van der Waals surface area (Å²) in [6, 6.07) is 2.04. The third-order valence-corrected chi connectivity index (χ3v) is 2.33. The molecule has 0 saturated carbocycles. The quantitative estimate of drug-likeness (QED) is 0.707. The maximum atomic E-state index is 10.6. The van der Waals surface area contributed by atoms with Crippen LogP contribution in [-0.4, -0.2) is 30.4 Å². The van der Waals surface area contributed by atoms with Crippen LogP contribution in [0.1, 0.15) is 18.0 Å². The number of carbonyl (C=O) groups is 1. The Balaban J connectivity index is 3.24. The predicted octanol–water partition coefficient (Wildman–Crippen LogP) is 0.884. The lowest BCUT2D eigenvalue weighted by molar-refractivity contribution is -0.137. The summed E-state index contributed by atoms with van der Waals surface area (Å²) in [5.74, 6) is -0.527. The second-order valence-electron chi connectivity index (χ2n) is 3.44. The van der Waals surface area contributed by atoms with Gasteiger partial charge < -0.3 is 25.4 Å². The van der Waals surface area contributed by atoms with Gasteiger partial charge in [-0.3, -0.25) is 4.79 Å². The molecule has 6 heteroatoms. The first kappa shape index (κ1) is 13.1. The lowest BCUT2D eigenvalue weighted by atomic mass is 10.0. The number of ether oxygens (including phenoxy) is 2. The Kier molecular flexibility index (Phi) is 4.17. The van der Waals surface area contributed by atoms with Crippen molar-refractivity contribution in [3.8, 4) is 17.2 Å². The second-order valence-corrected chi connectivity index (χ2v) is 3.44. The highest BCUT2D eigenvalue weighted by molar-refractivity contribution is 5.69. The molecule has 0 aliphatic rings. The number of rotatable bonds is 5. The van der Waals surface area contributed by atoms with E-state index in [4.69, 9.17) is 20.3 Å². The van der Waals surface area contributed by atoms with Crippen molar-refractivity contribution in [3.63, 3.8) is 0 Å². The van der Waals surface area contributed by atoms with Crippen molar-refractivity contribution in [1.82, 2.24) is 0 Å². The molecular formula is C11H15NO5. The minimum absolute atomic E-state index is 0.114. The first-order valence-corrected chi connectivity index (χ1v) is 4.92. The van der Waals surface area contributed by atoms with Gasteiger partial charge in [-0.05, 0) is 12.1 Å². The number of hydrogen-bond acceptors (Lipinski definition) is 5. The van der Waals surface area contributed by atoms with Crippen molar-refractivity contribution >= 4 is 5.97 Å². The Bertz CT molecular complexity index is 419. The zero-order chi connectivity index (χ0) is 13.0. The zero-order valence-corrected chi connectivity index (χ0v) is 9.64. The molecule has 4 N–H and O–H groups in total. The molecule has 0 aliphatic heterocycles. The van der Waals surface area contributed by atoms with Gasteiger partial charge in [-0.15, -0.1) is 0 Å². The van der Waals surface area contributed by atoms with Gasteiger partial charge in [0.2, 0.25) is 0 Å². The molecule has 0 amide bonds. The molecular weight excluding hydrogens is 226 g/mol. The zero-order valence-electron chi connectivity index (χ0n) is 9.64. The van der Waals surface area contributed by atoms with Crippen LogP contribution in [0.25, 0.3) is 0 Å². The molecule has 1 rings (SSSR count). The molecule has 1 aromatic rings. The lowest BCUT2D eigenvalue weighted by Crippen LogP contribution is -2.16. The van der Waals surface area contributed by atoms with E-state index < -0.39 is 12.0 Å². The average molecular weight is 241 g/mol. The highest BCUT2D eigenvalue weighted by atomic mass is 16.5. The van der Waals surface area contributed by atoms with Crippen molar-refractivity contribution in [1.29, 1.82) is 0 Å². The van der Waals surface area contributed by atoms with Gasteiger partial charge >= 0.3 is 5.97 Å². The van der Waals surface area contributed by atoms with Gasteiger partial charge in [0, 0.05) is 6.04 Å². The number of benzene rings is 1. The van der Waals surface area contributed by atoms with E-state index in [1.54, 1.807) is 0 Å². The van der Waals surface area contributed by atoms with Crippen LogP contribution in [0, 0.1) is 0 Å². The molecule has 6 nitrogen and oxygen atoms in total. The standard InChI is InChI=1S/C11H15NO5/c1-16-8-4-3-7(13)10(11(8)17-2)6(12)5-9(14)15/h3-4,6,13H,5,12H2,1-2H3,(H,14,15). The van der Waals surface area contributed by atoms with Crippen LogP contribution < -0.4 is 15.2 Å². The van der Waals surface area contributed by atoms with Crippen LogP contribution in [0.15, 0.2) is 12.1 Å². The van der Waals surface area contributed by atoms with Gasteiger partial charge in [0.1, 0.15) is 5.75 Å². The van der Waals surface area contributed by atoms with Crippen molar-refractivity contribution in [3.05, 3.63) is 17.7 Å². The Morgan fingerprint density at radius 2 is 2.06 bits per heavy atom. The van der Waals surface area contributed by atoms with Crippen LogP contribution >= 0.6 is 0 Å². The van der Waals surface area contributed by atoms with E-state index in [0.717, 1.165) is 0 Å². The fourth-order valence-corrected chi connectivity index (χ4v) is 1.59. The van der Waals surface area contributed by atoms with E-state index in [1.165, 1.54) is 26.4 Å². The van der Waals surface area contributed by atoms with E-state index >= 15 is 0 Å². The molecule has 0 fully saturated rings. The number of aliphatic carboxylic acids is 1. The number of methoxy groups -OCH3 is 2. The first-order chi connectivity index (χ1) is 8.01. The van der Waals surface area contributed by atoms with Crippen LogP contribution in [0.3, 0.4) is 0 Å². The molecule has 0 aliphatic carbocycles. The molecule has 0 spiro atoms. The largest absolute Gasteiger partial charge is 0.507 e. The summed E-state index contributed by atoms with van der Waals surface area (Å²) < 4.78 is 10.1. The molecule has 0 saturated heterocycles. The van der Waals surface area contributed by atoms with Gasteiger partial charge in [-0.2, -0.15) is 0 Å². The number of phenolic OH excluding ortho intramolecular Hbond substituents is 1. The number of nitrogens with two attached hydrogens (primary N) is 1. The van der Waals surface area contributed by atoms with Gasteiger partial charge in [-0.1, -0.05) is 0 Å². The topological polar surface area (TPSA) is 102 Å². The van der Waals surface area contributed by atoms with Crippen LogP contribution in [0.2, 0.25) is 0 Å². The fourth-order valence-electron chi connectivity index (χ4n) is 1.59. The summed E-state index contributed by atoms with van der Waals surface area (Å²) in [5, 5.41) is 18.4. The molecule has 17 heavy (non-hydrogen) atoms. The molecule has 0 radical (unpaired) electrons. The minimum atomic E-state index is -1.05. The Hall–Kier alpha value is -1.95. The number of phenols is 1. The monoisotopic (exact) mass is 241 g/mol. The van der Waals surface area contributed by atoms with Crippen molar-refractivity contribution in [2.45, 2.75) is 12.5 Å². The van der Waals surface area contributed by atoms with Gasteiger partial charge in [0.05, 0.1) is 26.2 Å². The summed E-state index contributed by atoms with van der Waals surface area (Å²) in [6.07, 6.45) is -0.308. The molecule has 1 aromatic carbocycles. The van der Waals surface area contributed by atoms with Crippen LogP contribution in [-0.2, 0) is 4.79 Å². The SMILES string of the molecule is COc1ccc(O)c(C(N)CC(=O)O)c1OC. The third kappa shape index (κ3) is 2.79. The van der Waals surface area contributed by atoms with E-state index in [-0.39, 0.29) is 23.5 Å². The van der Waals surface area contributed by atoms with Gasteiger partial charge in [-0.25, -0.2) is 0 Å². The maximum absolute atomic E-state index is 10.6. The summed E-state index contributed by atoms with van der Waals surface area (Å²) in [7, 11) is 2.84. The van der Waals surface area contributed by atoms with E-state index in [0.29, 0.717) is 5.75 Å². The van der Waals surface area contributed by atoms with E-state index in [9.17, 15) is 9.90 Å². The van der Waals surface area contributed by atoms with Crippen LogP contribution in [0.4, 0.5) is 0 Å². The number of aromatic hydroxyl groups is 1. The molecule has 0 heterocycles. The van der Waals surface area contributed by atoms with Crippen molar-refractivity contribution in [2.75, 3.05) is 14.2 Å². The van der Waals surface area contributed by atoms with E-state index in [2.05, 4.69) is 0 Å². The Morgan fingerprint density at radius 3 is 2.53 bits per heavy atom. The summed E-state index contributed by atoms with van der Waals surface area (Å²) in [4.78, 5) is 10.6. The molecule has 94 valence electrons. The fraction of sp³-hybridized carbons (Fsp3) is 0.364. The smallest absolute Gasteiger partial charge is 0.305 e. The van der Waals surface area contributed by atoms with Crippen molar-refractivity contribution < 1.29 is 24.5 Å².